The van der Waals surface area contributed by atoms with Crippen LogP contribution in [-0.2, 0) is 9.53 Å². The SMILES string of the molecule is CCC(C)N(C(=O)OC(C)(C)C)c1ccc(C2CCCN2C=O)cn1. The van der Waals surface area contributed by atoms with Crippen molar-refractivity contribution in [1.82, 2.24) is 9.88 Å². The average Bonchev–Trinajstić information content (AvgIpc) is 3.02. The van der Waals surface area contributed by atoms with Gasteiger partial charge in [0, 0.05) is 18.8 Å². The van der Waals surface area contributed by atoms with Gasteiger partial charge >= 0.3 is 6.09 Å². The number of rotatable bonds is 5. The van der Waals surface area contributed by atoms with Crippen LogP contribution in [0, 0.1) is 0 Å². The fraction of sp³-hybridized carbons (Fsp3) is 0.632. The zero-order valence-electron chi connectivity index (χ0n) is 15.9. The van der Waals surface area contributed by atoms with Gasteiger partial charge in [0.25, 0.3) is 0 Å². The summed E-state index contributed by atoms with van der Waals surface area (Å²) >= 11 is 0. The molecule has 6 heteroatoms. The summed E-state index contributed by atoms with van der Waals surface area (Å²) in [6.07, 6.45) is 5.02. The molecule has 0 spiro atoms. The Balaban J connectivity index is 2.23. The van der Waals surface area contributed by atoms with E-state index in [1.54, 1.807) is 16.0 Å². The summed E-state index contributed by atoms with van der Waals surface area (Å²) in [4.78, 5) is 31.7. The summed E-state index contributed by atoms with van der Waals surface area (Å²) in [7, 11) is 0. The van der Waals surface area contributed by atoms with E-state index < -0.39 is 11.7 Å². The van der Waals surface area contributed by atoms with E-state index in [0.29, 0.717) is 5.82 Å². The second-order valence-electron chi connectivity index (χ2n) is 7.56. The van der Waals surface area contributed by atoms with Gasteiger partial charge in [0.05, 0.1) is 6.04 Å². The lowest BCUT2D eigenvalue weighted by Crippen LogP contribution is -2.42. The molecule has 0 aromatic carbocycles. The highest BCUT2D eigenvalue weighted by Crippen LogP contribution is 2.31. The number of anilines is 1. The predicted octanol–water partition coefficient (Wildman–Crippen LogP) is 3.91. The lowest BCUT2D eigenvalue weighted by atomic mass is 10.1. The van der Waals surface area contributed by atoms with E-state index in [9.17, 15) is 9.59 Å². The zero-order valence-corrected chi connectivity index (χ0v) is 15.9. The van der Waals surface area contributed by atoms with Gasteiger partial charge in [-0.1, -0.05) is 13.0 Å². The molecule has 2 amide bonds. The van der Waals surface area contributed by atoms with Gasteiger partial charge in [-0.15, -0.1) is 0 Å². The molecule has 2 heterocycles. The van der Waals surface area contributed by atoms with Crippen molar-refractivity contribution < 1.29 is 14.3 Å². The van der Waals surface area contributed by atoms with Crippen molar-refractivity contribution in [2.24, 2.45) is 0 Å². The maximum absolute atomic E-state index is 12.6. The van der Waals surface area contributed by atoms with Gasteiger partial charge in [-0.2, -0.15) is 0 Å². The largest absolute Gasteiger partial charge is 0.443 e. The minimum atomic E-state index is -0.558. The van der Waals surface area contributed by atoms with Crippen LogP contribution in [0.4, 0.5) is 10.6 Å². The maximum Gasteiger partial charge on any atom is 0.416 e. The van der Waals surface area contributed by atoms with Crippen LogP contribution in [0.3, 0.4) is 0 Å². The molecule has 1 aliphatic rings. The highest BCUT2D eigenvalue weighted by Gasteiger charge is 2.29. The van der Waals surface area contributed by atoms with E-state index in [2.05, 4.69) is 4.98 Å². The molecule has 1 aliphatic heterocycles. The lowest BCUT2D eigenvalue weighted by Gasteiger charge is -2.30. The number of ether oxygens (including phenoxy) is 1. The lowest BCUT2D eigenvalue weighted by molar-refractivity contribution is -0.118. The van der Waals surface area contributed by atoms with E-state index in [4.69, 9.17) is 4.74 Å². The Labute approximate surface area is 150 Å². The number of carbonyl (C=O) groups is 2. The van der Waals surface area contributed by atoms with Crippen molar-refractivity contribution >= 4 is 18.3 Å². The first-order valence-corrected chi connectivity index (χ1v) is 8.96. The molecular formula is C19H29N3O3. The molecular weight excluding hydrogens is 318 g/mol. The molecule has 2 unspecified atom stereocenters. The molecule has 1 aromatic rings. The molecule has 0 saturated carbocycles. The van der Waals surface area contributed by atoms with Gasteiger partial charge in [-0.25, -0.2) is 9.78 Å². The van der Waals surface area contributed by atoms with Gasteiger partial charge < -0.3 is 9.64 Å². The number of nitrogens with zero attached hydrogens (tertiary/aromatic N) is 3. The molecule has 2 rings (SSSR count). The number of amides is 2. The van der Waals surface area contributed by atoms with Gasteiger partial charge in [0.2, 0.25) is 6.41 Å². The van der Waals surface area contributed by atoms with Crippen molar-refractivity contribution in [3.63, 3.8) is 0 Å². The molecule has 0 aliphatic carbocycles. The van der Waals surface area contributed by atoms with E-state index in [1.165, 1.54) is 0 Å². The van der Waals surface area contributed by atoms with Crippen LogP contribution >= 0.6 is 0 Å². The third-order valence-electron chi connectivity index (χ3n) is 4.45. The highest BCUT2D eigenvalue weighted by atomic mass is 16.6. The van der Waals surface area contributed by atoms with Gasteiger partial charge in [-0.05, 0) is 58.6 Å². The monoisotopic (exact) mass is 347 g/mol. The summed E-state index contributed by atoms with van der Waals surface area (Å²) in [5.74, 6) is 0.572. The van der Waals surface area contributed by atoms with Gasteiger partial charge in [0.1, 0.15) is 11.4 Å². The van der Waals surface area contributed by atoms with Crippen LogP contribution in [-0.4, -0.2) is 40.6 Å². The Morgan fingerprint density at radius 1 is 1.48 bits per heavy atom. The molecule has 0 N–H and O–H groups in total. The number of hydrogen-bond acceptors (Lipinski definition) is 4. The third-order valence-corrected chi connectivity index (χ3v) is 4.45. The van der Waals surface area contributed by atoms with E-state index >= 15 is 0 Å². The van der Waals surface area contributed by atoms with Crippen molar-refractivity contribution in [2.75, 3.05) is 11.4 Å². The first-order valence-electron chi connectivity index (χ1n) is 8.96. The molecule has 1 fully saturated rings. The predicted molar refractivity (Wildman–Crippen MR) is 97.4 cm³/mol. The number of pyridine rings is 1. The molecule has 25 heavy (non-hydrogen) atoms. The maximum atomic E-state index is 12.6. The van der Waals surface area contributed by atoms with Crippen molar-refractivity contribution in [3.05, 3.63) is 23.9 Å². The molecule has 6 nitrogen and oxygen atoms in total. The Hall–Kier alpha value is -2.11. The number of likely N-dealkylation sites (tertiary alicyclic amines) is 1. The van der Waals surface area contributed by atoms with Gasteiger partial charge in [-0.3, -0.25) is 9.69 Å². The summed E-state index contributed by atoms with van der Waals surface area (Å²) < 4.78 is 5.53. The molecule has 0 bridgehead atoms. The number of aromatic nitrogens is 1. The Morgan fingerprint density at radius 3 is 2.72 bits per heavy atom. The topological polar surface area (TPSA) is 62.7 Å². The van der Waals surface area contributed by atoms with Gasteiger partial charge in [0.15, 0.2) is 0 Å². The summed E-state index contributed by atoms with van der Waals surface area (Å²) in [6, 6.07) is 3.85. The first-order chi connectivity index (χ1) is 11.8. The zero-order chi connectivity index (χ0) is 18.6. The fourth-order valence-corrected chi connectivity index (χ4v) is 3.00. The van der Waals surface area contributed by atoms with E-state index in [1.807, 2.05) is 46.8 Å². The standard InChI is InChI=1S/C19H29N3O3/c1-6-14(2)22(18(24)25-19(3,4)5)17-10-9-15(12-20-17)16-8-7-11-21(16)13-23/h9-10,12-14,16H,6-8,11H2,1-5H3. The molecule has 2 atom stereocenters. The molecule has 138 valence electrons. The van der Waals surface area contributed by atoms with Crippen LogP contribution in [0.2, 0.25) is 0 Å². The average molecular weight is 347 g/mol. The Bertz CT molecular complexity index is 595. The van der Waals surface area contributed by atoms with E-state index in [0.717, 1.165) is 37.8 Å². The van der Waals surface area contributed by atoms with Crippen LogP contribution < -0.4 is 4.90 Å². The Kier molecular flexibility index (Phi) is 6.03. The van der Waals surface area contributed by atoms with Crippen molar-refractivity contribution in [2.45, 2.75) is 71.6 Å². The molecule has 1 aromatic heterocycles. The Morgan fingerprint density at radius 2 is 2.20 bits per heavy atom. The third kappa shape index (κ3) is 4.71. The summed E-state index contributed by atoms with van der Waals surface area (Å²) in [5, 5.41) is 0. The van der Waals surface area contributed by atoms with E-state index in [-0.39, 0.29) is 12.1 Å². The van der Waals surface area contributed by atoms with Crippen LogP contribution in [0.5, 0.6) is 0 Å². The quantitative estimate of drug-likeness (QED) is 0.758. The normalized spacial score (nSPS) is 18.8. The number of carbonyl (C=O) groups excluding carboxylic acids is 2. The van der Waals surface area contributed by atoms with Crippen LogP contribution in [0.1, 0.15) is 65.5 Å². The first kappa shape index (κ1) is 19.2. The second-order valence-corrected chi connectivity index (χ2v) is 7.56. The summed E-state index contributed by atoms with van der Waals surface area (Å²) in [6.45, 7) is 10.3. The van der Waals surface area contributed by atoms with Crippen molar-refractivity contribution in [3.8, 4) is 0 Å². The van der Waals surface area contributed by atoms with Crippen LogP contribution in [0.25, 0.3) is 0 Å². The molecule has 1 saturated heterocycles. The highest BCUT2D eigenvalue weighted by molar-refractivity contribution is 5.87. The number of hydrogen-bond donors (Lipinski definition) is 0. The fourth-order valence-electron chi connectivity index (χ4n) is 3.00. The molecule has 0 radical (unpaired) electrons. The summed E-state index contributed by atoms with van der Waals surface area (Å²) in [5.41, 5.74) is 0.443. The minimum Gasteiger partial charge on any atom is -0.443 e. The smallest absolute Gasteiger partial charge is 0.416 e. The van der Waals surface area contributed by atoms with Crippen molar-refractivity contribution in [1.29, 1.82) is 0 Å². The second kappa shape index (κ2) is 7.85. The minimum absolute atomic E-state index is 0.0221. The van der Waals surface area contributed by atoms with Crippen LogP contribution in [0.15, 0.2) is 18.3 Å².